The largest absolute Gasteiger partial charge is 0.496 e. The van der Waals surface area contributed by atoms with E-state index >= 15 is 0 Å². The number of carbonyl (C=O) groups excluding carboxylic acids is 1. The van der Waals surface area contributed by atoms with Gasteiger partial charge in [-0.1, -0.05) is 23.7 Å². The summed E-state index contributed by atoms with van der Waals surface area (Å²) in [5.41, 5.74) is 4.93. The molecule has 0 atom stereocenters. The van der Waals surface area contributed by atoms with Crippen molar-refractivity contribution < 1.29 is 14.3 Å². The third kappa shape index (κ3) is 3.92. The summed E-state index contributed by atoms with van der Waals surface area (Å²) in [4.78, 5) is 14.4. The molecule has 0 spiro atoms. The van der Waals surface area contributed by atoms with Crippen molar-refractivity contribution in [1.82, 2.24) is 15.0 Å². The highest BCUT2D eigenvalue weighted by molar-refractivity contribution is 6.32. The maximum Gasteiger partial charge on any atom is 0.259 e. The molecule has 7 nitrogen and oxygen atoms in total. The first-order chi connectivity index (χ1) is 14.9. The van der Waals surface area contributed by atoms with Crippen LogP contribution in [0.1, 0.15) is 21.5 Å². The van der Waals surface area contributed by atoms with Crippen LogP contribution in [0.25, 0.3) is 16.7 Å². The molecule has 0 bridgehead atoms. The Bertz CT molecular complexity index is 1300. The monoisotopic (exact) mass is 436 g/mol. The molecule has 1 N–H and O–H groups in total. The van der Waals surface area contributed by atoms with Gasteiger partial charge < -0.3 is 14.8 Å². The van der Waals surface area contributed by atoms with Crippen LogP contribution in [0.5, 0.6) is 11.5 Å². The van der Waals surface area contributed by atoms with Gasteiger partial charge in [0.05, 0.1) is 30.5 Å². The van der Waals surface area contributed by atoms with Crippen LogP contribution in [0.4, 0.5) is 5.69 Å². The van der Waals surface area contributed by atoms with Crippen LogP contribution in [-0.2, 0) is 0 Å². The molecule has 0 fully saturated rings. The van der Waals surface area contributed by atoms with Gasteiger partial charge in [0.25, 0.3) is 5.91 Å². The van der Waals surface area contributed by atoms with E-state index in [0.29, 0.717) is 44.5 Å². The molecule has 4 aromatic rings. The van der Waals surface area contributed by atoms with Crippen LogP contribution < -0.4 is 14.8 Å². The number of carbonyl (C=O) groups is 1. The summed E-state index contributed by atoms with van der Waals surface area (Å²) in [6.45, 7) is 3.81. The SMILES string of the molecule is COc1ccc(-n2nc3cc(C)c(NC(=O)c4cccc(C)c4OC)cc3n2)cc1Cl. The average Bonchev–Trinajstić information content (AvgIpc) is 3.16. The van der Waals surface area contributed by atoms with Crippen LogP contribution in [0.2, 0.25) is 5.02 Å². The third-order valence-corrected chi connectivity index (χ3v) is 5.30. The second-order valence-corrected chi connectivity index (χ2v) is 7.48. The number of halogens is 1. The highest BCUT2D eigenvalue weighted by Gasteiger charge is 2.16. The number of amides is 1. The van der Waals surface area contributed by atoms with E-state index in [1.165, 1.54) is 4.80 Å². The Balaban J connectivity index is 1.67. The van der Waals surface area contributed by atoms with Gasteiger partial charge >= 0.3 is 0 Å². The first-order valence-electron chi connectivity index (χ1n) is 9.58. The van der Waals surface area contributed by atoms with E-state index in [1.54, 1.807) is 38.5 Å². The molecule has 1 heterocycles. The fourth-order valence-corrected chi connectivity index (χ4v) is 3.64. The first-order valence-corrected chi connectivity index (χ1v) is 9.95. The van der Waals surface area contributed by atoms with Crippen LogP contribution >= 0.6 is 11.6 Å². The zero-order valence-corrected chi connectivity index (χ0v) is 18.3. The van der Waals surface area contributed by atoms with Gasteiger partial charge in [-0.25, -0.2) is 0 Å². The van der Waals surface area contributed by atoms with Crippen molar-refractivity contribution in [3.8, 4) is 17.2 Å². The summed E-state index contributed by atoms with van der Waals surface area (Å²) in [5, 5.41) is 12.5. The van der Waals surface area contributed by atoms with Gasteiger partial charge in [-0.2, -0.15) is 4.80 Å². The second-order valence-electron chi connectivity index (χ2n) is 7.07. The summed E-state index contributed by atoms with van der Waals surface area (Å²) in [7, 11) is 3.12. The average molecular weight is 437 g/mol. The molecule has 158 valence electrons. The predicted molar refractivity (Wildman–Crippen MR) is 121 cm³/mol. The summed E-state index contributed by atoms with van der Waals surface area (Å²) in [6, 6.07) is 14.5. The molecule has 0 aliphatic heterocycles. The Morgan fingerprint density at radius 2 is 1.71 bits per heavy atom. The Kier molecular flexibility index (Phi) is 5.52. The molecule has 0 unspecified atom stereocenters. The standard InChI is InChI=1S/C23H21ClN4O3/c1-13-6-5-7-16(22(13)31-4)23(29)25-18-12-20-19(10-14(18)2)26-28(27-20)15-8-9-21(30-3)17(24)11-15/h5-12H,1-4H3,(H,25,29). The molecule has 0 radical (unpaired) electrons. The molecule has 8 heteroatoms. The Morgan fingerprint density at radius 3 is 2.39 bits per heavy atom. The lowest BCUT2D eigenvalue weighted by Crippen LogP contribution is -2.14. The first kappa shape index (κ1) is 20.7. The fourth-order valence-electron chi connectivity index (χ4n) is 3.39. The van der Waals surface area contributed by atoms with Crippen molar-refractivity contribution >= 4 is 34.2 Å². The van der Waals surface area contributed by atoms with Gasteiger partial charge in [-0.3, -0.25) is 4.79 Å². The molecule has 0 saturated heterocycles. The van der Waals surface area contributed by atoms with Gasteiger partial charge in [-0.05, 0) is 61.4 Å². The van der Waals surface area contributed by atoms with Crippen molar-refractivity contribution in [3.05, 3.63) is 70.2 Å². The van der Waals surface area contributed by atoms with E-state index in [1.807, 2.05) is 38.1 Å². The minimum Gasteiger partial charge on any atom is -0.496 e. The molecule has 1 amide bonds. The van der Waals surface area contributed by atoms with E-state index in [4.69, 9.17) is 21.1 Å². The highest BCUT2D eigenvalue weighted by atomic mass is 35.5. The number of hydrogen-bond acceptors (Lipinski definition) is 5. The summed E-state index contributed by atoms with van der Waals surface area (Å²) in [6.07, 6.45) is 0. The number of para-hydroxylation sites is 1. The van der Waals surface area contributed by atoms with Crippen molar-refractivity contribution in [2.75, 3.05) is 19.5 Å². The number of benzene rings is 3. The summed E-state index contributed by atoms with van der Waals surface area (Å²) >= 11 is 6.23. The van der Waals surface area contributed by atoms with Crippen molar-refractivity contribution in [1.29, 1.82) is 0 Å². The number of nitrogens with one attached hydrogen (secondary N) is 1. The molecular weight excluding hydrogens is 416 g/mol. The van der Waals surface area contributed by atoms with Crippen LogP contribution in [0, 0.1) is 13.8 Å². The molecule has 1 aromatic heterocycles. The van der Waals surface area contributed by atoms with Gasteiger partial charge in [0.15, 0.2) is 0 Å². The maximum atomic E-state index is 12.9. The van der Waals surface area contributed by atoms with Crippen LogP contribution in [-0.4, -0.2) is 35.1 Å². The van der Waals surface area contributed by atoms with E-state index in [0.717, 1.165) is 11.1 Å². The molecule has 0 saturated carbocycles. The zero-order chi connectivity index (χ0) is 22.1. The van der Waals surface area contributed by atoms with E-state index in [-0.39, 0.29) is 5.91 Å². The Morgan fingerprint density at radius 1 is 0.968 bits per heavy atom. The molecule has 0 aliphatic carbocycles. The van der Waals surface area contributed by atoms with Crippen LogP contribution in [0.3, 0.4) is 0 Å². The van der Waals surface area contributed by atoms with Gasteiger partial charge in [0.2, 0.25) is 0 Å². The van der Waals surface area contributed by atoms with E-state index in [2.05, 4.69) is 15.5 Å². The summed E-state index contributed by atoms with van der Waals surface area (Å²) < 4.78 is 10.6. The summed E-state index contributed by atoms with van der Waals surface area (Å²) in [5.74, 6) is 0.882. The Hall–Kier alpha value is -3.58. The topological polar surface area (TPSA) is 78.3 Å². The molecule has 4 rings (SSSR count). The van der Waals surface area contributed by atoms with Crippen molar-refractivity contribution in [2.45, 2.75) is 13.8 Å². The quantitative estimate of drug-likeness (QED) is 0.478. The van der Waals surface area contributed by atoms with Crippen molar-refractivity contribution in [3.63, 3.8) is 0 Å². The lowest BCUT2D eigenvalue weighted by molar-refractivity contribution is 0.102. The van der Waals surface area contributed by atoms with Gasteiger partial charge in [-0.15, -0.1) is 10.2 Å². The maximum absolute atomic E-state index is 12.9. The zero-order valence-electron chi connectivity index (χ0n) is 17.6. The fraction of sp³-hybridized carbons (Fsp3) is 0.174. The van der Waals surface area contributed by atoms with E-state index in [9.17, 15) is 4.79 Å². The third-order valence-electron chi connectivity index (χ3n) is 5.00. The lowest BCUT2D eigenvalue weighted by Gasteiger charge is -2.12. The number of methoxy groups -OCH3 is 2. The van der Waals surface area contributed by atoms with Gasteiger partial charge in [0, 0.05) is 5.69 Å². The number of hydrogen-bond donors (Lipinski definition) is 1. The van der Waals surface area contributed by atoms with Gasteiger partial charge in [0.1, 0.15) is 22.5 Å². The molecule has 3 aromatic carbocycles. The normalized spacial score (nSPS) is 10.9. The Labute approximate surface area is 184 Å². The smallest absolute Gasteiger partial charge is 0.259 e. The molecular formula is C23H21ClN4O3. The lowest BCUT2D eigenvalue weighted by atomic mass is 10.1. The number of rotatable bonds is 5. The number of nitrogens with zero attached hydrogens (tertiary/aromatic N) is 3. The van der Waals surface area contributed by atoms with Crippen molar-refractivity contribution in [2.24, 2.45) is 0 Å². The molecule has 31 heavy (non-hydrogen) atoms. The number of ether oxygens (including phenoxy) is 2. The minimum atomic E-state index is -0.252. The second kappa shape index (κ2) is 8.28. The number of anilines is 1. The predicted octanol–water partition coefficient (Wildman–Crippen LogP) is 4.96. The van der Waals surface area contributed by atoms with E-state index < -0.39 is 0 Å². The number of aryl methyl sites for hydroxylation is 2. The highest BCUT2D eigenvalue weighted by Crippen LogP contribution is 2.28. The minimum absolute atomic E-state index is 0.252. The number of fused-ring (bicyclic) bond motifs is 1. The van der Waals surface area contributed by atoms with Crippen LogP contribution in [0.15, 0.2) is 48.5 Å². The molecule has 0 aliphatic rings. The number of aromatic nitrogens is 3.